The smallest absolute Gasteiger partial charge is 0.136 e. The van der Waals surface area contributed by atoms with Gasteiger partial charge in [0.15, 0.2) is 0 Å². The average molecular weight is 645 g/mol. The van der Waals surface area contributed by atoms with Gasteiger partial charge >= 0.3 is 0 Å². The highest BCUT2D eigenvalue weighted by atomic mass is 16.3. The van der Waals surface area contributed by atoms with Crippen LogP contribution in [0.1, 0.15) is 68.7 Å². The minimum atomic E-state index is -3.86. The first-order valence-corrected chi connectivity index (χ1v) is 14.2. The van der Waals surface area contributed by atoms with Gasteiger partial charge in [0.05, 0.1) is 35.6 Å². The standard InChI is InChI=1S/C47H32O/c1-47(2)40-21-11-10-15-32(40)33-25-23-30(27-41(33)47)31-24-26-38-43(28-31)48-42-22-12-20-39(46(38)42)45-36-18-8-6-16-34(36)44(29-13-4-3-5-14-29)35-17-7-9-19-37(35)45/h3-28H,1-2H3/i1D3,2D3,3D,4D,5D,6D,7D,8D,9D,10D,11D,12D,13D,14D,15D,16D,17D,18D,19D,20D,21D,22D,23D,24D,25D,26D,27D,28D. The molecule has 1 aromatic heterocycles. The molecule has 226 valence electrons. The molecule has 0 radical (unpaired) electrons. The van der Waals surface area contributed by atoms with E-state index in [1.165, 1.54) is 0 Å². The Morgan fingerprint density at radius 2 is 1.04 bits per heavy atom. The molecule has 9 aromatic rings. The highest BCUT2D eigenvalue weighted by molar-refractivity contribution is 6.25. The second kappa shape index (κ2) is 10.0. The van der Waals surface area contributed by atoms with E-state index in [0.717, 1.165) is 0 Å². The summed E-state index contributed by atoms with van der Waals surface area (Å²) in [6, 6.07) is -27.1. The molecule has 0 bridgehead atoms. The number of hydrogen-bond donors (Lipinski definition) is 0. The molecule has 10 rings (SSSR count). The van der Waals surface area contributed by atoms with Gasteiger partial charge in [0.1, 0.15) is 11.2 Å². The van der Waals surface area contributed by atoms with E-state index in [9.17, 15) is 15.1 Å². The monoisotopic (exact) mass is 644 g/mol. The predicted octanol–water partition coefficient (Wildman–Crippen LogP) is 13.2. The zero-order chi connectivity index (χ0) is 59.6. The fraction of sp³-hybridized carbons (Fsp3) is 0.0638. The van der Waals surface area contributed by atoms with Crippen LogP contribution >= 0.6 is 0 Å². The third-order valence-corrected chi connectivity index (χ3v) is 8.20. The Bertz CT molecular complexity index is 4330. The summed E-state index contributed by atoms with van der Waals surface area (Å²) in [5.41, 5.74) is -14.2. The van der Waals surface area contributed by atoms with Gasteiger partial charge in [0.2, 0.25) is 0 Å². The van der Waals surface area contributed by atoms with Gasteiger partial charge in [-0.1, -0.05) is 147 Å². The van der Waals surface area contributed by atoms with E-state index in [1.54, 1.807) is 0 Å². The van der Waals surface area contributed by atoms with Crippen LogP contribution < -0.4 is 0 Å². The third kappa shape index (κ3) is 3.79. The largest absolute Gasteiger partial charge is 0.456 e. The Hall–Kier alpha value is -5.92. The molecule has 1 heteroatoms. The number of rotatable bonds is 3. The maximum Gasteiger partial charge on any atom is 0.136 e. The lowest BCUT2D eigenvalue weighted by atomic mass is 9.81. The third-order valence-electron chi connectivity index (χ3n) is 8.20. The summed E-state index contributed by atoms with van der Waals surface area (Å²) in [6.45, 7) is -7.71. The van der Waals surface area contributed by atoms with Crippen molar-refractivity contribution in [3.63, 3.8) is 0 Å². The summed E-state index contributed by atoms with van der Waals surface area (Å²) >= 11 is 0. The van der Waals surface area contributed by atoms with Crippen LogP contribution in [0.5, 0.6) is 0 Å². The van der Waals surface area contributed by atoms with Crippen molar-refractivity contribution < 1.29 is 48.3 Å². The first-order chi connectivity index (χ1) is 36.9. The molecule has 0 fully saturated rings. The Balaban J connectivity index is 1.45. The van der Waals surface area contributed by atoms with E-state index in [2.05, 4.69) is 0 Å². The fourth-order valence-corrected chi connectivity index (χ4v) is 6.17. The Kier molecular flexibility index (Phi) is 2.15. The van der Waals surface area contributed by atoms with Crippen LogP contribution in [-0.4, -0.2) is 0 Å². The van der Waals surface area contributed by atoms with E-state index >= 15 is 0 Å². The number of fused-ring (bicyclic) bond motifs is 8. The van der Waals surface area contributed by atoms with Crippen molar-refractivity contribution in [2.24, 2.45) is 0 Å². The van der Waals surface area contributed by atoms with Crippen molar-refractivity contribution in [1.29, 1.82) is 0 Å². The molecule has 0 atom stereocenters. The van der Waals surface area contributed by atoms with E-state index in [1.807, 2.05) is 0 Å². The van der Waals surface area contributed by atoms with Gasteiger partial charge in [-0.15, -0.1) is 0 Å². The van der Waals surface area contributed by atoms with Gasteiger partial charge < -0.3 is 4.42 Å². The van der Waals surface area contributed by atoms with Crippen molar-refractivity contribution in [3.05, 3.63) is 168 Å². The molecule has 1 aliphatic carbocycles. The van der Waals surface area contributed by atoms with Crippen LogP contribution in [0.25, 0.3) is 88.0 Å². The molecule has 0 N–H and O–H groups in total. The minimum absolute atomic E-state index is 0.683. The molecule has 0 saturated heterocycles. The molecule has 0 saturated carbocycles. The maximum atomic E-state index is 9.67. The molecule has 1 aliphatic rings. The fourth-order valence-electron chi connectivity index (χ4n) is 6.17. The van der Waals surface area contributed by atoms with Crippen molar-refractivity contribution >= 4 is 43.5 Å². The van der Waals surface area contributed by atoms with Crippen molar-refractivity contribution in [2.45, 2.75) is 19.1 Å². The number of hydrogen-bond acceptors (Lipinski definition) is 1. The molecule has 8 aromatic carbocycles. The summed E-state index contributed by atoms with van der Waals surface area (Å²) in [5.74, 6) is 0. The minimum Gasteiger partial charge on any atom is -0.456 e. The van der Waals surface area contributed by atoms with Crippen molar-refractivity contribution in [1.82, 2.24) is 0 Å². The quantitative estimate of drug-likeness (QED) is 0.174. The average Bonchev–Trinajstić information content (AvgIpc) is 3.97. The van der Waals surface area contributed by atoms with Crippen LogP contribution in [-0.2, 0) is 5.41 Å². The normalized spacial score (nSPS) is 23.3. The van der Waals surface area contributed by atoms with E-state index < -0.39 is 275 Å². The lowest BCUT2D eigenvalue weighted by Gasteiger charge is -2.22. The van der Waals surface area contributed by atoms with Gasteiger partial charge in [-0.3, -0.25) is 0 Å². The summed E-state index contributed by atoms with van der Waals surface area (Å²) in [6.07, 6.45) is 0. The van der Waals surface area contributed by atoms with Gasteiger partial charge in [-0.05, 0) is 101 Å². The highest BCUT2D eigenvalue weighted by Gasteiger charge is 2.35. The summed E-state index contributed by atoms with van der Waals surface area (Å²) in [5, 5.41) is -4.41. The topological polar surface area (TPSA) is 13.1 Å². The van der Waals surface area contributed by atoms with E-state index in [4.69, 9.17) is 33.2 Å². The van der Waals surface area contributed by atoms with Crippen LogP contribution in [0.4, 0.5) is 0 Å². The molecular formula is C47H32O. The molecule has 0 spiro atoms. The van der Waals surface area contributed by atoms with Crippen LogP contribution in [0.2, 0.25) is 0 Å². The zero-order valence-electron chi connectivity index (χ0n) is 55.9. The van der Waals surface area contributed by atoms with Crippen molar-refractivity contribution in [2.75, 3.05) is 0 Å². The molecule has 0 amide bonds. The molecular weight excluding hydrogens is 581 g/mol. The summed E-state index contributed by atoms with van der Waals surface area (Å²) in [7, 11) is 0. The van der Waals surface area contributed by atoms with Crippen LogP contribution in [0.3, 0.4) is 0 Å². The number of furan rings is 1. The van der Waals surface area contributed by atoms with E-state index in [0.29, 0.717) is 0 Å². The van der Waals surface area contributed by atoms with Gasteiger partial charge in [0, 0.05) is 24.4 Å². The second-order valence-electron chi connectivity index (χ2n) is 10.8. The summed E-state index contributed by atoms with van der Waals surface area (Å²) < 4.78 is 294. The predicted molar refractivity (Wildman–Crippen MR) is 203 cm³/mol. The van der Waals surface area contributed by atoms with E-state index in [-0.39, 0.29) is 0 Å². The van der Waals surface area contributed by atoms with Gasteiger partial charge in [-0.2, -0.15) is 0 Å². The maximum absolute atomic E-state index is 9.67. The second-order valence-corrected chi connectivity index (χ2v) is 10.8. The lowest BCUT2D eigenvalue weighted by molar-refractivity contribution is 0.660. The van der Waals surface area contributed by atoms with Crippen LogP contribution in [0, 0.1) is 0 Å². The Labute approximate surface area is 324 Å². The Morgan fingerprint density at radius 1 is 0.438 bits per heavy atom. The highest BCUT2D eigenvalue weighted by Crippen LogP contribution is 2.50. The van der Waals surface area contributed by atoms with Crippen molar-refractivity contribution in [3.8, 4) is 44.5 Å². The molecule has 1 heterocycles. The zero-order valence-corrected chi connectivity index (χ0v) is 23.9. The molecule has 48 heavy (non-hydrogen) atoms. The van der Waals surface area contributed by atoms with Gasteiger partial charge in [-0.25, -0.2) is 0 Å². The van der Waals surface area contributed by atoms with Crippen LogP contribution in [0.15, 0.2) is 162 Å². The van der Waals surface area contributed by atoms with Gasteiger partial charge in [0.25, 0.3) is 0 Å². The molecule has 0 unspecified atom stereocenters. The summed E-state index contributed by atoms with van der Waals surface area (Å²) in [4.78, 5) is 0. The first kappa shape index (κ1) is 10.3. The number of benzene rings is 8. The Morgan fingerprint density at radius 3 is 1.79 bits per heavy atom. The molecule has 0 aliphatic heterocycles. The first-order valence-electron chi connectivity index (χ1n) is 30.2. The molecule has 1 nitrogen and oxygen atoms in total. The SMILES string of the molecule is [2H]c1c([2H])c([2H])c(-c2c3c([2H])c([2H])c([2H])c([2H])c3c(-c3c([2H])c([2H])c([2H])c4oc5c([2H])c(-c6c([2H])c([2H])c7c(c6[2H])C(C([2H])([2H])[2H])(C([2H])([2H])[2H])c6c([2H])c([2H])c([2H])c([2H])c6-7)c([2H])c([2H])c5c34)c3c([2H])c([2H])c([2H])c([2H])c23)c([2H])c1[2H]. The lowest BCUT2D eigenvalue weighted by Crippen LogP contribution is -2.14.